The van der Waals surface area contributed by atoms with Crippen LogP contribution in [0.5, 0.6) is 0 Å². The van der Waals surface area contributed by atoms with Crippen LogP contribution in [0.4, 0.5) is 0 Å². The Labute approximate surface area is 42.0 Å². The van der Waals surface area contributed by atoms with Crippen molar-refractivity contribution < 1.29 is 14.9 Å². The summed E-state index contributed by atoms with van der Waals surface area (Å²) in [4.78, 5) is 0. The molecule has 0 saturated heterocycles. The summed E-state index contributed by atoms with van der Waals surface area (Å²) in [6.07, 6.45) is 0. The van der Waals surface area contributed by atoms with Crippen LogP contribution in [-0.4, -0.2) is 0 Å². The van der Waals surface area contributed by atoms with Crippen molar-refractivity contribution >= 4 is 19.6 Å². The van der Waals surface area contributed by atoms with Gasteiger partial charge in [0.25, 0.3) is 0 Å². The van der Waals surface area contributed by atoms with Crippen molar-refractivity contribution in [3.63, 3.8) is 0 Å². The van der Waals surface area contributed by atoms with E-state index in [-0.39, 0.29) is 7.43 Å². The van der Waals surface area contributed by atoms with Crippen LogP contribution in [0.15, 0.2) is 0 Å². The van der Waals surface area contributed by atoms with Crippen molar-refractivity contribution in [2.45, 2.75) is 7.43 Å². The van der Waals surface area contributed by atoms with Crippen LogP contribution in [0.1, 0.15) is 7.43 Å². The van der Waals surface area contributed by atoms with Gasteiger partial charge in [0, 0.05) is 0 Å². The fourth-order valence-corrected chi connectivity index (χ4v) is 0. The van der Waals surface area contributed by atoms with Crippen molar-refractivity contribution in [1.29, 1.82) is 0 Å². The summed E-state index contributed by atoms with van der Waals surface area (Å²) in [5.41, 5.74) is 0. The molecule has 0 N–H and O–H groups in total. The first-order chi connectivity index (χ1) is 1.41. The molecule has 0 amide bonds. The van der Waals surface area contributed by atoms with Crippen LogP contribution in [0, 0.1) is 0 Å². The predicted molar refractivity (Wildman–Crippen MR) is 21.9 cm³/mol. The molecule has 0 saturated carbocycles. The molecule has 0 aliphatic heterocycles. The van der Waals surface area contributed by atoms with Gasteiger partial charge in [0.1, 0.15) is 0 Å². The van der Waals surface area contributed by atoms with Gasteiger partial charge in [-0.15, -0.1) is 0 Å². The molecule has 0 aromatic carbocycles. The summed E-state index contributed by atoms with van der Waals surface area (Å²) in [5, 5.41) is 0. The Morgan fingerprint density at radius 3 is 1.25 bits per heavy atom. The third-order valence-electron chi connectivity index (χ3n) is 0. The van der Waals surface area contributed by atoms with Crippen molar-refractivity contribution in [2.24, 2.45) is 0 Å². The molecule has 0 aromatic rings. The zero-order chi connectivity index (χ0) is 2.71. The summed E-state index contributed by atoms with van der Waals surface area (Å²) in [5.74, 6) is 0. The quantitative estimate of drug-likeness (QED) is 0.655. The Morgan fingerprint density at radius 2 is 1.25 bits per heavy atom. The van der Waals surface area contributed by atoms with E-state index in [0.717, 1.165) is 0 Å². The average molecular weight is 264 g/mol. The Bertz CT molecular complexity index is 27.0. The van der Waals surface area contributed by atoms with E-state index in [1.165, 1.54) is 0 Å². The van der Waals surface area contributed by atoms with Gasteiger partial charge >= 0.3 is 34.6 Å². The van der Waals surface area contributed by atoms with Gasteiger partial charge in [-0.1, -0.05) is 7.43 Å². The molecule has 0 spiro atoms. The Morgan fingerprint density at radius 1 is 1.25 bits per heavy atom. The van der Waals surface area contributed by atoms with Crippen LogP contribution in [-0.2, 0) is 14.9 Å². The van der Waals surface area contributed by atoms with E-state index < -0.39 is 14.9 Å². The van der Waals surface area contributed by atoms with Crippen LogP contribution in [0.2, 0.25) is 0 Å². The molecule has 4 heavy (non-hydrogen) atoms. The normalized spacial score (nSPS) is 3.00. The zero-order valence-electron chi connectivity index (χ0n) is 1.22. The maximum atomic E-state index is 4.38. The van der Waals surface area contributed by atoms with Crippen molar-refractivity contribution in [2.75, 3.05) is 0 Å². The van der Waals surface area contributed by atoms with E-state index in [2.05, 4.69) is 19.6 Å². The molecule has 0 atom stereocenters. The first-order valence-electron chi connectivity index (χ1n) is 0.333. The minimum absolute atomic E-state index is 0. The Kier molecular flexibility index (Phi) is 19.9. The number of hydrogen-bond acceptors (Lipinski definition) is 2. The minimum atomic E-state index is -0.583. The molecule has 0 nitrogen and oxygen atoms in total. The van der Waals surface area contributed by atoms with E-state index in [0.29, 0.717) is 0 Å². The second-order valence-electron chi connectivity index (χ2n) is 0.0680. The average Bonchev–Trinajstić information content (AvgIpc) is 0.918. The third-order valence-corrected chi connectivity index (χ3v) is 0. The first-order valence-corrected chi connectivity index (χ1v) is 8.19. The summed E-state index contributed by atoms with van der Waals surface area (Å²) >= 11 is -0.583. The maximum absolute atomic E-state index is 4.38. The second-order valence-corrected chi connectivity index (χ2v) is 5.01. The summed E-state index contributed by atoms with van der Waals surface area (Å²) < 4.78 is 0. The molecule has 0 radical (unpaired) electrons. The Hall–Kier alpha value is 1.13. The van der Waals surface area contributed by atoms with E-state index in [1.54, 1.807) is 0 Å². The fourth-order valence-electron chi connectivity index (χ4n) is 0. The molecule has 0 aromatic heterocycles. The van der Waals surface area contributed by atoms with E-state index in [1.807, 2.05) is 0 Å². The van der Waals surface area contributed by atoms with Gasteiger partial charge in [-0.05, 0) is 0 Å². The third kappa shape index (κ3) is 11.1. The molecule has 0 unspecified atom stereocenters. The number of rotatable bonds is 0. The SMILES string of the molecule is C.[S]=[W]=[S]. The van der Waals surface area contributed by atoms with Gasteiger partial charge in [-0.25, -0.2) is 0 Å². The molecule has 0 bridgehead atoms. The molecular weight excluding hydrogens is 260 g/mol. The van der Waals surface area contributed by atoms with Gasteiger partial charge in [-0.3, -0.25) is 0 Å². The summed E-state index contributed by atoms with van der Waals surface area (Å²) in [6.45, 7) is 0. The predicted octanol–water partition coefficient (Wildman–Crippen LogP) is 1.93. The van der Waals surface area contributed by atoms with Gasteiger partial charge < -0.3 is 0 Å². The van der Waals surface area contributed by atoms with Gasteiger partial charge in [0.05, 0.1) is 0 Å². The summed E-state index contributed by atoms with van der Waals surface area (Å²) in [6, 6.07) is 0. The first kappa shape index (κ1) is 8.93. The van der Waals surface area contributed by atoms with Crippen molar-refractivity contribution in [1.82, 2.24) is 0 Å². The zero-order valence-corrected chi connectivity index (χ0v) is 5.79. The van der Waals surface area contributed by atoms with Crippen molar-refractivity contribution in [3.8, 4) is 0 Å². The van der Waals surface area contributed by atoms with E-state index in [4.69, 9.17) is 0 Å². The number of hydrogen-bond donors (Lipinski definition) is 0. The molecule has 26 valence electrons. The molecule has 0 fully saturated rings. The molecule has 0 aliphatic carbocycles. The topological polar surface area (TPSA) is 0 Å². The molecular formula is CH4S2W. The van der Waals surface area contributed by atoms with E-state index in [9.17, 15) is 0 Å². The van der Waals surface area contributed by atoms with Crippen LogP contribution >= 0.6 is 19.6 Å². The molecule has 0 rings (SSSR count). The van der Waals surface area contributed by atoms with E-state index >= 15 is 0 Å². The molecule has 3 heteroatoms. The van der Waals surface area contributed by atoms with Crippen molar-refractivity contribution in [3.05, 3.63) is 0 Å². The van der Waals surface area contributed by atoms with Gasteiger partial charge in [-0.2, -0.15) is 0 Å². The monoisotopic (exact) mass is 264 g/mol. The second kappa shape index (κ2) is 8.92. The Balaban J connectivity index is 0. The van der Waals surface area contributed by atoms with Crippen LogP contribution in [0.25, 0.3) is 0 Å². The van der Waals surface area contributed by atoms with Crippen LogP contribution < -0.4 is 0 Å². The molecule has 0 heterocycles. The van der Waals surface area contributed by atoms with Gasteiger partial charge in [0.15, 0.2) is 0 Å². The van der Waals surface area contributed by atoms with Crippen LogP contribution in [0.3, 0.4) is 0 Å². The molecule has 0 aliphatic rings. The fraction of sp³-hybridized carbons (Fsp3) is 1.00. The summed E-state index contributed by atoms with van der Waals surface area (Å²) in [7, 11) is 8.75. The van der Waals surface area contributed by atoms with Gasteiger partial charge in [0.2, 0.25) is 0 Å². The standard InChI is InChI=1S/CH4.2S.W/h1H4;;;.